The Morgan fingerprint density at radius 2 is 1.90 bits per heavy atom. The Bertz CT molecular complexity index is 1260. The molecule has 0 radical (unpaired) electrons. The third-order valence-corrected chi connectivity index (χ3v) is 6.23. The van der Waals surface area contributed by atoms with Crippen molar-refractivity contribution in [3.63, 3.8) is 0 Å². The first-order valence-corrected chi connectivity index (χ1v) is 10.1. The van der Waals surface area contributed by atoms with Crippen molar-refractivity contribution in [3.8, 4) is 5.75 Å². The lowest BCUT2D eigenvalue weighted by molar-refractivity contribution is 0.414. The summed E-state index contributed by atoms with van der Waals surface area (Å²) in [6.45, 7) is 0.0281. The third kappa shape index (κ3) is 3.64. The van der Waals surface area contributed by atoms with Crippen molar-refractivity contribution in [1.82, 2.24) is 14.6 Å². The van der Waals surface area contributed by atoms with E-state index in [1.54, 1.807) is 43.6 Å². The number of nitrogens with zero attached hydrogens (tertiary/aromatic N) is 4. The minimum Gasteiger partial charge on any atom is -0.497 e. The normalized spacial score (nSPS) is 11.5. The lowest BCUT2D eigenvalue weighted by atomic mass is 10.2. The second-order valence-electron chi connectivity index (χ2n) is 6.27. The molecule has 4 aromatic rings. The number of benzene rings is 2. The Labute approximate surface area is 167 Å². The van der Waals surface area contributed by atoms with Gasteiger partial charge in [0, 0.05) is 6.20 Å². The van der Waals surface area contributed by atoms with E-state index in [-0.39, 0.29) is 17.1 Å². The van der Waals surface area contributed by atoms with Crippen LogP contribution in [0.5, 0.6) is 5.75 Å². The second-order valence-corrected chi connectivity index (χ2v) is 8.10. The predicted molar refractivity (Wildman–Crippen MR) is 106 cm³/mol. The highest BCUT2D eigenvalue weighted by molar-refractivity contribution is 7.93. The van der Waals surface area contributed by atoms with Gasteiger partial charge in [-0.2, -0.15) is 0 Å². The SMILES string of the molecule is COc1cccc(CN(c2ccc(F)cc2)S(=O)(=O)c2cccn3cnnc23)c1. The number of pyridine rings is 1. The number of rotatable bonds is 6. The van der Waals surface area contributed by atoms with Crippen LogP contribution in [0, 0.1) is 5.82 Å². The van der Waals surface area contributed by atoms with Gasteiger partial charge in [-0.3, -0.25) is 8.71 Å². The van der Waals surface area contributed by atoms with Crippen LogP contribution in [0.3, 0.4) is 0 Å². The molecule has 148 valence electrons. The van der Waals surface area contributed by atoms with E-state index in [0.29, 0.717) is 17.0 Å². The summed E-state index contributed by atoms with van der Waals surface area (Å²) in [7, 11) is -2.49. The van der Waals surface area contributed by atoms with Gasteiger partial charge < -0.3 is 4.74 Å². The fourth-order valence-electron chi connectivity index (χ4n) is 3.00. The van der Waals surface area contributed by atoms with Gasteiger partial charge >= 0.3 is 0 Å². The van der Waals surface area contributed by atoms with Gasteiger partial charge in [-0.25, -0.2) is 12.8 Å². The van der Waals surface area contributed by atoms with Crippen LogP contribution in [-0.2, 0) is 16.6 Å². The topological polar surface area (TPSA) is 76.8 Å². The van der Waals surface area contributed by atoms with E-state index in [1.807, 2.05) is 0 Å². The van der Waals surface area contributed by atoms with Crippen molar-refractivity contribution in [2.75, 3.05) is 11.4 Å². The first kappa shape index (κ1) is 18.9. The van der Waals surface area contributed by atoms with Crippen LogP contribution in [0.15, 0.2) is 78.1 Å². The maximum atomic E-state index is 13.6. The molecule has 4 rings (SSSR count). The second kappa shape index (κ2) is 7.51. The standard InChI is InChI=1S/C20H17FN4O3S/c1-28-18-5-2-4-15(12-18)13-25(17-9-7-16(21)8-10-17)29(26,27)19-6-3-11-24-14-22-23-20(19)24/h2-12,14H,13H2,1H3. The molecule has 2 aromatic carbocycles. The molecular formula is C20H17FN4O3S. The van der Waals surface area contributed by atoms with Gasteiger partial charge in [-0.15, -0.1) is 10.2 Å². The first-order valence-electron chi connectivity index (χ1n) is 8.68. The van der Waals surface area contributed by atoms with Crippen LogP contribution in [0.2, 0.25) is 0 Å². The lowest BCUT2D eigenvalue weighted by Crippen LogP contribution is -2.31. The first-order chi connectivity index (χ1) is 14.0. The van der Waals surface area contributed by atoms with Crippen molar-refractivity contribution < 1.29 is 17.5 Å². The molecular weight excluding hydrogens is 395 g/mol. The molecule has 0 bridgehead atoms. The van der Waals surface area contributed by atoms with Crippen LogP contribution in [0.1, 0.15) is 5.56 Å². The van der Waals surface area contributed by atoms with Gasteiger partial charge in [0.1, 0.15) is 22.8 Å². The Balaban J connectivity index is 1.84. The Hall–Kier alpha value is -3.46. The summed E-state index contributed by atoms with van der Waals surface area (Å²) in [4.78, 5) is 0.00437. The minimum atomic E-state index is -4.03. The molecule has 0 N–H and O–H groups in total. The maximum absolute atomic E-state index is 13.6. The van der Waals surface area contributed by atoms with Crippen LogP contribution < -0.4 is 9.04 Å². The summed E-state index contributed by atoms with van der Waals surface area (Å²) in [5, 5.41) is 7.73. The maximum Gasteiger partial charge on any atom is 0.268 e. The number of halogens is 1. The molecule has 7 nitrogen and oxygen atoms in total. The van der Waals surface area contributed by atoms with E-state index in [9.17, 15) is 12.8 Å². The molecule has 29 heavy (non-hydrogen) atoms. The van der Waals surface area contributed by atoms with Gasteiger partial charge in [0.15, 0.2) is 5.65 Å². The van der Waals surface area contributed by atoms with E-state index < -0.39 is 15.8 Å². The number of methoxy groups -OCH3 is 1. The molecule has 0 atom stereocenters. The number of sulfonamides is 1. The fourth-order valence-corrected chi connectivity index (χ4v) is 4.59. The van der Waals surface area contributed by atoms with Gasteiger partial charge in [-0.05, 0) is 54.1 Å². The summed E-state index contributed by atoms with van der Waals surface area (Å²) in [5.74, 6) is 0.158. The summed E-state index contributed by atoms with van der Waals surface area (Å²) < 4.78 is 48.7. The van der Waals surface area contributed by atoms with Crippen molar-refractivity contribution >= 4 is 21.4 Å². The van der Waals surface area contributed by atoms with Gasteiger partial charge in [0.05, 0.1) is 19.3 Å². The molecule has 0 amide bonds. The van der Waals surface area contributed by atoms with E-state index >= 15 is 0 Å². The van der Waals surface area contributed by atoms with E-state index in [2.05, 4.69) is 10.2 Å². The Morgan fingerprint density at radius 3 is 2.66 bits per heavy atom. The molecule has 9 heteroatoms. The Morgan fingerprint density at radius 1 is 1.10 bits per heavy atom. The zero-order valence-electron chi connectivity index (χ0n) is 15.4. The number of anilines is 1. The monoisotopic (exact) mass is 412 g/mol. The van der Waals surface area contributed by atoms with Crippen LogP contribution >= 0.6 is 0 Å². The molecule has 0 aliphatic heterocycles. The molecule has 0 spiro atoms. The molecule has 0 saturated heterocycles. The third-order valence-electron chi connectivity index (χ3n) is 4.43. The van der Waals surface area contributed by atoms with Gasteiger partial charge in [0.2, 0.25) is 0 Å². The largest absolute Gasteiger partial charge is 0.497 e. The van der Waals surface area contributed by atoms with Crippen molar-refractivity contribution in [2.24, 2.45) is 0 Å². The van der Waals surface area contributed by atoms with Crippen LogP contribution in [-0.4, -0.2) is 30.1 Å². The quantitative estimate of drug-likeness (QED) is 0.486. The molecule has 2 aromatic heterocycles. The average Bonchev–Trinajstić information content (AvgIpc) is 3.21. The summed E-state index contributed by atoms with van der Waals surface area (Å²) >= 11 is 0. The average molecular weight is 412 g/mol. The lowest BCUT2D eigenvalue weighted by Gasteiger charge is -2.25. The minimum absolute atomic E-state index is 0.00437. The highest BCUT2D eigenvalue weighted by Gasteiger charge is 2.28. The number of hydrogen-bond donors (Lipinski definition) is 0. The number of hydrogen-bond acceptors (Lipinski definition) is 5. The van der Waals surface area contributed by atoms with Crippen molar-refractivity contribution in [1.29, 1.82) is 0 Å². The van der Waals surface area contributed by atoms with E-state index in [0.717, 1.165) is 0 Å². The molecule has 2 heterocycles. The van der Waals surface area contributed by atoms with E-state index in [4.69, 9.17) is 4.74 Å². The highest BCUT2D eigenvalue weighted by atomic mass is 32.2. The number of aromatic nitrogens is 3. The summed E-state index contributed by atoms with van der Waals surface area (Å²) in [6.07, 6.45) is 3.09. The molecule has 0 unspecified atom stereocenters. The zero-order valence-corrected chi connectivity index (χ0v) is 16.3. The Kier molecular flexibility index (Phi) is 4.89. The van der Waals surface area contributed by atoms with Crippen molar-refractivity contribution in [3.05, 3.63) is 84.6 Å². The van der Waals surface area contributed by atoms with Gasteiger partial charge in [0.25, 0.3) is 10.0 Å². The number of ether oxygens (including phenoxy) is 1. The molecule has 0 aliphatic carbocycles. The van der Waals surface area contributed by atoms with Crippen LogP contribution in [0.25, 0.3) is 5.65 Å². The zero-order chi connectivity index (χ0) is 20.4. The van der Waals surface area contributed by atoms with E-state index in [1.165, 1.54) is 45.4 Å². The van der Waals surface area contributed by atoms with Gasteiger partial charge in [-0.1, -0.05) is 12.1 Å². The molecule has 0 aliphatic rings. The summed E-state index contributed by atoms with van der Waals surface area (Å²) in [5.41, 5.74) is 1.26. The van der Waals surface area contributed by atoms with Crippen molar-refractivity contribution in [2.45, 2.75) is 11.4 Å². The molecule has 0 fully saturated rings. The van der Waals surface area contributed by atoms with Crippen LogP contribution in [0.4, 0.5) is 10.1 Å². The smallest absolute Gasteiger partial charge is 0.268 e. The molecule has 0 saturated carbocycles. The highest BCUT2D eigenvalue weighted by Crippen LogP contribution is 2.28. The fraction of sp³-hybridized carbons (Fsp3) is 0.100. The summed E-state index contributed by atoms with van der Waals surface area (Å²) in [6, 6.07) is 15.5. The predicted octanol–water partition coefficient (Wildman–Crippen LogP) is 3.27. The number of fused-ring (bicyclic) bond motifs is 1.